The Bertz CT molecular complexity index is 330. The van der Waals surface area contributed by atoms with E-state index in [2.05, 4.69) is 11.6 Å². The zero-order valence-corrected chi connectivity index (χ0v) is 9.76. The highest BCUT2D eigenvalue weighted by Crippen LogP contribution is 2.29. The zero-order chi connectivity index (χ0) is 11.3. The molecule has 0 unspecified atom stereocenters. The lowest BCUT2D eigenvalue weighted by atomic mass is 10.5. The van der Waals surface area contributed by atoms with Crippen molar-refractivity contribution in [1.29, 1.82) is 0 Å². The molecule has 84 valence electrons. The molecule has 0 radical (unpaired) electrons. The number of thiazole rings is 1. The summed E-state index contributed by atoms with van der Waals surface area (Å²) in [5.41, 5.74) is 0. The van der Waals surface area contributed by atoms with E-state index in [-0.39, 0.29) is 13.2 Å². The Morgan fingerprint density at radius 1 is 1.53 bits per heavy atom. The first-order valence-electron chi connectivity index (χ1n) is 4.45. The van der Waals surface area contributed by atoms with Crippen molar-refractivity contribution in [2.45, 2.75) is 6.61 Å². The van der Waals surface area contributed by atoms with Crippen molar-refractivity contribution in [3.05, 3.63) is 22.7 Å². The molecule has 0 amide bonds. The van der Waals surface area contributed by atoms with Gasteiger partial charge in [-0.2, -0.15) is 0 Å². The third-order valence-corrected chi connectivity index (χ3v) is 3.30. The summed E-state index contributed by atoms with van der Waals surface area (Å²) in [6, 6.07) is 0. The summed E-state index contributed by atoms with van der Waals surface area (Å²) in [6.45, 7) is 4.62. The number of hydrogen-bond acceptors (Lipinski definition) is 5. The minimum atomic E-state index is -0.114. The fourth-order valence-electron chi connectivity index (χ4n) is 1.10. The van der Waals surface area contributed by atoms with E-state index in [0.717, 1.165) is 0 Å². The Morgan fingerprint density at radius 2 is 2.27 bits per heavy atom. The molecule has 4 nitrogen and oxygen atoms in total. The number of rotatable bonds is 6. The SMILES string of the molecule is C=CCN(CCO)c1nc(Cl)c(CO)s1. The van der Waals surface area contributed by atoms with Gasteiger partial charge in [0.15, 0.2) is 5.13 Å². The summed E-state index contributed by atoms with van der Waals surface area (Å²) in [7, 11) is 0. The molecule has 0 aliphatic carbocycles. The minimum absolute atomic E-state index is 0.0412. The molecule has 15 heavy (non-hydrogen) atoms. The second kappa shape index (κ2) is 6.07. The molecule has 6 heteroatoms. The van der Waals surface area contributed by atoms with Crippen LogP contribution in [0, 0.1) is 0 Å². The average molecular weight is 249 g/mol. The van der Waals surface area contributed by atoms with Crippen LogP contribution in [0.5, 0.6) is 0 Å². The quantitative estimate of drug-likeness (QED) is 0.745. The minimum Gasteiger partial charge on any atom is -0.395 e. The first-order chi connectivity index (χ1) is 7.22. The molecule has 0 atom stereocenters. The van der Waals surface area contributed by atoms with Crippen molar-refractivity contribution in [2.75, 3.05) is 24.6 Å². The topological polar surface area (TPSA) is 56.6 Å². The van der Waals surface area contributed by atoms with Crippen molar-refractivity contribution >= 4 is 28.1 Å². The van der Waals surface area contributed by atoms with Gasteiger partial charge in [-0.15, -0.1) is 6.58 Å². The van der Waals surface area contributed by atoms with Gasteiger partial charge in [-0.1, -0.05) is 29.0 Å². The van der Waals surface area contributed by atoms with E-state index in [4.69, 9.17) is 21.8 Å². The van der Waals surface area contributed by atoms with E-state index in [9.17, 15) is 0 Å². The molecule has 0 aliphatic heterocycles. The van der Waals surface area contributed by atoms with Crippen LogP contribution in [-0.2, 0) is 6.61 Å². The summed E-state index contributed by atoms with van der Waals surface area (Å²) in [5.74, 6) is 0. The number of hydrogen-bond donors (Lipinski definition) is 2. The lowest BCUT2D eigenvalue weighted by Gasteiger charge is -2.18. The van der Waals surface area contributed by atoms with E-state index in [1.165, 1.54) is 11.3 Å². The lowest BCUT2D eigenvalue weighted by molar-refractivity contribution is 0.285. The highest BCUT2D eigenvalue weighted by atomic mass is 35.5. The van der Waals surface area contributed by atoms with Crippen LogP contribution < -0.4 is 4.90 Å². The second-order valence-corrected chi connectivity index (χ2v) is 4.25. The number of aromatic nitrogens is 1. The summed E-state index contributed by atoms with van der Waals surface area (Å²) in [4.78, 5) is 6.60. The Hall–Kier alpha value is -0.620. The van der Waals surface area contributed by atoms with Gasteiger partial charge >= 0.3 is 0 Å². The molecule has 0 fully saturated rings. The van der Waals surface area contributed by atoms with E-state index in [1.807, 2.05) is 4.90 Å². The Morgan fingerprint density at radius 3 is 2.73 bits per heavy atom. The Balaban J connectivity index is 2.84. The van der Waals surface area contributed by atoms with Gasteiger partial charge < -0.3 is 15.1 Å². The number of aliphatic hydroxyl groups is 2. The molecule has 0 saturated heterocycles. The normalized spacial score (nSPS) is 10.3. The molecular weight excluding hydrogens is 236 g/mol. The molecule has 1 rings (SSSR count). The van der Waals surface area contributed by atoms with Crippen LogP contribution in [0.2, 0.25) is 5.15 Å². The Kier molecular flexibility index (Phi) is 5.04. The molecular formula is C9H13ClN2O2S. The number of halogens is 1. The third kappa shape index (κ3) is 3.17. The van der Waals surface area contributed by atoms with Gasteiger partial charge in [0, 0.05) is 13.1 Å². The molecule has 0 aliphatic rings. The Labute approximate surface area is 97.4 Å². The number of aliphatic hydroxyl groups excluding tert-OH is 2. The van der Waals surface area contributed by atoms with Crippen LogP contribution in [0.4, 0.5) is 5.13 Å². The molecule has 1 aromatic heterocycles. The second-order valence-electron chi connectivity index (χ2n) is 2.83. The van der Waals surface area contributed by atoms with E-state index < -0.39 is 0 Å². The van der Waals surface area contributed by atoms with Crippen molar-refractivity contribution in [3.8, 4) is 0 Å². The third-order valence-electron chi connectivity index (χ3n) is 1.77. The standard InChI is InChI=1S/C9H13ClN2O2S/c1-2-3-12(4-5-13)9-11-8(10)7(6-14)15-9/h2,13-14H,1,3-6H2. The lowest BCUT2D eigenvalue weighted by Crippen LogP contribution is -2.26. The summed E-state index contributed by atoms with van der Waals surface area (Å²) >= 11 is 7.14. The largest absolute Gasteiger partial charge is 0.395 e. The monoisotopic (exact) mass is 248 g/mol. The summed E-state index contributed by atoms with van der Waals surface area (Å²) in [5, 5.41) is 18.9. The summed E-state index contributed by atoms with van der Waals surface area (Å²) < 4.78 is 0. The van der Waals surface area contributed by atoms with Gasteiger partial charge in [-0.3, -0.25) is 0 Å². The highest BCUT2D eigenvalue weighted by Gasteiger charge is 2.13. The van der Waals surface area contributed by atoms with Crippen LogP contribution in [-0.4, -0.2) is 34.9 Å². The number of nitrogens with zero attached hydrogens (tertiary/aromatic N) is 2. The van der Waals surface area contributed by atoms with Gasteiger partial charge in [0.1, 0.15) is 5.15 Å². The predicted octanol–water partition coefficient (Wildman–Crippen LogP) is 1.27. The van der Waals surface area contributed by atoms with Gasteiger partial charge in [0.05, 0.1) is 18.1 Å². The van der Waals surface area contributed by atoms with Gasteiger partial charge in [0.25, 0.3) is 0 Å². The van der Waals surface area contributed by atoms with E-state index in [1.54, 1.807) is 6.08 Å². The van der Waals surface area contributed by atoms with Crippen molar-refractivity contribution in [1.82, 2.24) is 4.98 Å². The smallest absolute Gasteiger partial charge is 0.187 e. The molecule has 0 saturated carbocycles. The first kappa shape index (κ1) is 12.4. The maximum absolute atomic E-state index is 8.97. The van der Waals surface area contributed by atoms with Crippen LogP contribution in [0.15, 0.2) is 12.7 Å². The highest BCUT2D eigenvalue weighted by molar-refractivity contribution is 7.16. The maximum atomic E-state index is 8.97. The van der Waals surface area contributed by atoms with Crippen LogP contribution >= 0.6 is 22.9 Å². The van der Waals surface area contributed by atoms with E-state index >= 15 is 0 Å². The zero-order valence-electron chi connectivity index (χ0n) is 8.19. The van der Waals surface area contributed by atoms with Crippen LogP contribution in [0.3, 0.4) is 0 Å². The van der Waals surface area contributed by atoms with Crippen molar-refractivity contribution in [3.63, 3.8) is 0 Å². The van der Waals surface area contributed by atoms with Gasteiger partial charge in [-0.05, 0) is 0 Å². The molecule has 0 bridgehead atoms. The molecule has 1 heterocycles. The fourth-order valence-corrected chi connectivity index (χ4v) is 2.25. The predicted molar refractivity (Wildman–Crippen MR) is 62.5 cm³/mol. The van der Waals surface area contributed by atoms with Crippen molar-refractivity contribution < 1.29 is 10.2 Å². The number of anilines is 1. The molecule has 2 N–H and O–H groups in total. The molecule has 0 aromatic carbocycles. The first-order valence-corrected chi connectivity index (χ1v) is 5.65. The average Bonchev–Trinajstić information content (AvgIpc) is 2.59. The van der Waals surface area contributed by atoms with Crippen LogP contribution in [0.25, 0.3) is 0 Å². The van der Waals surface area contributed by atoms with Gasteiger partial charge in [0.2, 0.25) is 0 Å². The van der Waals surface area contributed by atoms with Crippen LogP contribution in [0.1, 0.15) is 4.88 Å². The van der Waals surface area contributed by atoms with E-state index in [0.29, 0.717) is 28.3 Å². The molecule has 0 spiro atoms. The fraction of sp³-hybridized carbons (Fsp3) is 0.444. The maximum Gasteiger partial charge on any atom is 0.187 e. The summed E-state index contributed by atoms with van der Waals surface area (Å²) in [6.07, 6.45) is 1.73. The van der Waals surface area contributed by atoms with Gasteiger partial charge in [-0.25, -0.2) is 4.98 Å². The van der Waals surface area contributed by atoms with Crippen molar-refractivity contribution in [2.24, 2.45) is 0 Å². The molecule has 1 aromatic rings.